The molecule has 2 aromatic carbocycles. The molecule has 0 heterocycles. The van der Waals surface area contributed by atoms with Crippen LogP contribution in [0.2, 0.25) is 10.0 Å². The summed E-state index contributed by atoms with van der Waals surface area (Å²) in [6.07, 6.45) is 2.52. The molecule has 0 aliphatic heterocycles. The fourth-order valence-electron chi connectivity index (χ4n) is 1.96. The standard InChI is InChI=1S/C16H15Cl2NO/c17-12-6-5-11(10-19-13-7-8-13)16(9-12)20-15-4-2-1-3-14(15)18/h1-6,9,13,19H,7-8,10H2. The van der Waals surface area contributed by atoms with Gasteiger partial charge in [0.15, 0.2) is 0 Å². The second kappa shape index (κ2) is 6.04. The van der Waals surface area contributed by atoms with Gasteiger partial charge in [0.25, 0.3) is 0 Å². The lowest BCUT2D eigenvalue weighted by molar-refractivity contribution is 0.473. The second-order valence-corrected chi connectivity index (χ2v) is 5.78. The molecule has 2 nitrogen and oxygen atoms in total. The summed E-state index contributed by atoms with van der Waals surface area (Å²) in [5, 5.41) is 4.72. The van der Waals surface area contributed by atoms with E-state index in [1.807, 2.05) is 42.5 Å². The van der Waals surface area contributed by atoms with E-state index in [2.05, 4.69) is 5.32 Å². The summed E-state index contributed by atoms with van der Waals surface area (Å²) in [5.74, 6) is 1.39. The first-order valence-electron chi connectivity index (χ1n) is 6.66. The molecule has 0 radical (unpaired) electrons. The third-order valence-corrected chi connectivity index (χ3v) is 3.79. The highest BCUT2D eigenvalue weighted by atomic mass is 35.5. The molecule has 1 aliphatic carbocycles. The Morgan fingerprint density at radius 3 is 2.60 bits per heavy atom. The Hall–Kier alpha value is -1.22. The Morgan fingerprint density at radius 1 is 1.05 bits per heavy atom. The van der Waals surface area contributed by atoms with Gasteiger partial charge in [-0.2, -0.15) is 0 Å². The van der Waals surface area contributed by atoms with Crippen molar-refractivity contribution in [3.63, 3.8) is 0 Å². The van der Waals surface area contributed by atoms with Crippen molar-refractivity contribution in [3.05, 3.63) is 58.1 Å². The monoisotopic (exact) mass is 307 g/mol. The van der Waals surface area contributed by atoms with Gasteiger partial charge in [0.1, 0.15) is 11.5 Å². The molecule has 0 saturated heterocycles. The summed E-state index contributed by atoms with van der Waals surface area (Å²) < 4.78 is 5.92. The van der Waals surface area contributed by atoms with Gasteiger partial charge in [-0.1, -0.05) is 41.4 Å². The van der Waals surface area contributed by atoms with Crippen LogP contribution < -0.4 is 10.1 Å². The maximum atomic E-state index is 6.13. The minimum atomic E-state index is 0.591. The zero-order valence-corrected chi connectivity index (χ0v) is 12.4. The lowest BCUT2D eigenvalue weighted by Gasteiger charge is -2.13. The summed E-state index contributed by atoms with van der Waals surface area (Å²) >= 11 is 12.2. The normalized spacial score (nSPS) is 14.3. The fourth-order valence-corrected chi connectivity index (χ4v) is 2.29. The zero-order chi connectivity index (χ0) is 13.9. The van der Waals surface area contributed by atoms with Crippen LogP contribution in [0.15, 0.2) is 42.5 Å². The quantitative estimate of drug-likeness (QED) is 0.835. The molecule has 0 unspecified atom stereocenters. The molecular weight excluding hydrogens is 293 g/mol. The van der Waals surface area contributed by atoms with Crippen molar-refractivity contribution in [1.29, 1.82) is 0 Å². The van der Waals surface area contributed by atoms with E-state index < -0.39 is 0 Å². The lowest BCUT2D eigenvalue weighted by Crippen LogP contribution is -2.15. The molecule has 0 aromatic heterocycles. The fraction of sp³-hybridized carbons (Fsp3) is 0.250. The first kappa shape index (κ1) is 13.7. The molecule has 1 N–H and O–H groups in total. The van der Waals surface area contributed by atoms with Gasteiger partial charge in [-0.05, 0) is 37.1 Å². The van der Waals surface area contributed by atoms with E-state index in [1.54, 1.807) is 0 Å². The highest BCUT2D eigenvalue weighted by molar-refractivity contribution is 6.32. The lowest BCUT2D eigenvalue weighted by atomic mass is 10.2. The highest BCUT2D eigenvalue weighted by Gasteiger charge is 2.20. The van der Waals surface area contributed by atoms with Crippen LogP contribution in [0.3, 0.4) is 0 Å². The predicted octanol–water partition coefficient (Wildman–Crippen LogP) is 5.04. The third kappa shape index (κ3) is 3.45. The number of nitrogens with one attached hydrogen (secondary N) is 1. The molecule has 0 spiro atoms. The SMILES string of the molecule is Clc1ccc(CNC2CC2)c(Oc2ccccc2Cl)c1. The Balaban J connectivity index is 1.82. The van der Waals surface area contributed by atoms with Crippen LogP contribution in [0, 0.1) is 0 Å². The van der Waals surface area contributed by atoms with Crippen molar-refractivity contribution < 1.29 is 4.74 Å². The van der Waals surface area contributed by atoms with Crippen molar-refractivity contribution in [2.75, 3.05) is 0 Å². The van der Waals surface area contributed by atoms with E-state index in [-0.39, 0.29) is 0 Å². The number of ether oxygens (including phenoxy) is 1. The average Bonchev–Trinajstić information content (AvgIpc) is 3.25. The van der Waals surface area contributed by atoms with Gasteiger partial charge < -0.3 is 10.1 Å². The summed E-state index contributed by atoms with van der Waals surface area (Å²) in [6.45, 7) is 0.779. The van der Waals surface area contributed by atoms with E-state index in [1.165, 1.54) is 12.8 Å². The van der Waals surface area contributed by atoms with Crippen LogP contribution in [-0.4, -0.2) is 6.04 Å². The Kier molecular flexibility index (Phi) is 4.16. The van der Waals surface area contributed by atoms with E-state index in [4.69, 9.17) is 27.9 Å². The summed E-state index contributed by atoms with van der Waals surface area (Å²) in [6, 6.07) is 13.8. The van der Waals surface area contributed by atoms with Gasteiger partial charge >= 0.3 is 0 Å². The smallest absolute Gasteiger partial charge is 0.146 e. The number of halogens is 2. The number of benzene rings is 2. The summed E-state index contributed by atoms with van der Waals surface area (Å²) in [4.78, 5) is 0. The van der Waals surface area contributed by atoms with Gasteiger partial charge in [-0.15, -0.1) is 0 Å². The minimum Gasteiger partial charge on any atom is -0.455 e. The molecule has 1 fully saturated rings. The molecule has 2 aromatic rings. The maximum absolute atomic E-state index is 6.13. The highest BCUT2D eigenvalue weighted by Crippen LogP contribution is 2.33. The van der Waals surface area contributed by atoms with Crippen molar-refractivity contribution in [2.24, 2.45) is 0 Å². The zero-order valence-electron chi connectivity index (χ0n) is 10.9. The molecule has 104 valence electrons. The van der Waals surface area contributed by atoms with Gasteiger partial charge in [-0.3, -0.25) is 0 Å². The van der Waals surface area contributed by atoms with Crippen LogP contribution in [0.1, 0.15) is 18.4 Å². The van der Waals surface area contributed by atoms with E-state index in [0.29, 0.717) is 21.8 Å². The molecule has 4 heteroatoms. The molecule has 1 saturated carbocycles. The van der Waals surface area contributed by atoms with Crippen LogP contribution >= 0.6 is 23.2 Å². The molecule has 3 rings (SSSR count). The summed E-state index contributed by atoms with van der Waals surface area (Å²) in [5.41, 5.74) is 1.08. The number of rotatable bonds is 5. The molecule has 0 atom stereocenters. The Bertz CT molecular complexity index is 611. The first-order chi connectivity index (χ1) is 9.72. The van der Waals surface area contributed by atoms with Crippen LogP contribution in [-0.2, 0) is 6.54 Å². The molecular formula is C16H15Cl2NO. The average molecular weight is 308 g/mol. The summed E-state index contributed by atoms with van der Waals surface area (Å²) in [7, 11) is 0. The number of hydrogen-bond donors (Lipinski definition) is 1. The first-order valence-corrected chi connectivity index (χ1v) is 7.42. The number of hydrogen-bond acceptors (Lipinski definition) is 2. The van der Waals surface area contributed by atoms with Crippen molar-refractivity contribution >= 4 is 23.2 Å². The van der Waals surface area contributed by atoms with Gasteiger partial charge in [0.2, 0.25) is 0 Å². The molecule has 0 bridgehead atoms. The third-order valence-electron chi connectivity index (χ3n) is 3.24. The van der Waals surface area contributed by atoms with E-state index in [9.17, 15) is 0 Å². The van der Waals surface area contributed by atoms with E-state index in [0.717, 1.165) is 17.9 Å². The van der Waals surface area contributed by atoms with Crippen molar-refractivity contribution in [3.8, 4) is 11.5 Å². The Labute approximate surface area is 128 Å². The largest absolute Gasteiger partial charge is 0.455 e. The van der Waals surface area contributed by atoms with Crippen molar-refractivity contribution in [1.82, 2.24) is 5.32 Å². The topological polar surface area (TPSA) is 21.3 Å². The van der Waals surface area contributed by atoms with Gasteiger partial charge in [-0.25, -0.2) is 0 Å². The van der Waals surface area contributed by atoms with Crippen LogP contribution in [0.25, 0.3) is 0 Å². The van der Waals surface area contributed by atoms with Crippen molar-refractivity contribution in [2.45, 2.75) is 25.4 Å². The van der Waals surface area contributed by atoms with Gasteiger partial charge in [0, 0.05) is 23.2 Å². The second-order valence-electron chi connectivity index (χ2n) is 4.94. The minimum absolute atomic E-state index is 0.591. The van der Waals surface area contributed by atoms with Crippen LogP contribution in [0.5, 0.6) is 11.5 Å². The van der Waals surface area contributed by atoms with Crippen LogP contribution in [0.4, 0.5) is 0 Å². The number of para-hydroxylation sites is 1. The Morgan fingerprint density at radius 2 is 1.85 bits per heavy atom. The van der Waals surface area contributed by atoms with Gasteiger partial charge in [0.05, 0.1) is 5.02 Å². The molecule has 1 aliphatic rings. The molecule has 0 amide bonds. The predicted molar refractivity (Wildman–Crippen MR) is 82.8 cm³/mol. The van der Waals surface area contributed by atoms with E-state index >= 15 is 0 Å². The molecule has 20 heavy (non-hydrogen) atoms. The maximum Gasteiger partial charge on any atom is 0.146 e.